The molecule has 3 aromatic rings. The number of rotatable bonds is 6. The smallest absolute Gasteiger partial charge is 0.229 e. The molecule has 0 saturated carbocycles. The molecule has 8 nitrogen and oxygen atoms in total. The number of phenols is 1. The Labute approximate surface area is 190 Å². The summed E-state index contributed by atoms with van der Waals surface area (Å²) < 4.78 is 17.1. The predicted octanol–water partition coefficient (Wildman–Crippen LogP) is 1.91. The van der Waals surface area contributed by atoms with Gasteiger partial charge in [-0.1, -0.05) is 60.7 Å². The zero-order valence-corrected chi connectivity index (χ0v) is 17.9. The van der Waals surface area contributed by atoms with E-state index < -0.39 is 37.3 Å². The van der Waals surface area contributed by atoms with Gasteiger partial charge in [0.1, 0.15) is 30.2 Å². The summed E-state index contributed by atoms with van der Waals surface area (Å²) >= 11 is 0. The number of aromatic hydroxyl groups is 1. The first-order valence-corrected chi connectivity index (χ1v) is 10.5. The summed E-state index contributed by atoms with van der Waals surface area (Å²) in [6, 6.07) is 19.9. The number of phenolic OH excluding ortho intramolecular Hbond substituents is 1. The van der Waals surface area contributed by atoms with Crippen molar-refractivity contribution in [2.24, 2.45) is 0 Å². The van der Waals surface area contributed by atoms with Gasteiger partial charge < -0.3 is 39.7 Å². The maximum atomic E-state index is 11.3. The number of aliphatic hydroxyl groups is 4. The van der Waals surface area contributed by atoms with Gasteiger partial charge in [-0.2, -0.15) is 0 Å². The van der Waals surface area contributed by atoms with Crippen molar-refractivity contribution in [3.63, 3.8) is 0 Å². The van der Waals surface area contributed by atoms with Crippen molar-refractivity contribution < 1.29 is 39.7 Å². The van der Waals surface area contributed by atoms with Crippen LogP contribution in [0.15, 0.2) is 66.7 Å². The van der Waals surface area contributed by atoms with Gasteiger partial charge in [-0.3, -0.25) is 0 Å². The molecule has 0 spiro atoms. The van der Waals surface area contributed by atoms with Crippen molar-refractivity contribution in [1.82, 2.24) is 0 Å². The second-order valence-electron chi connectivity index (χ2n) is 7.73. The van der Waals surface area contributed by atoms with Crippen molar-refractivity contribution in [3.05, 3.63) is 66.7 Å². The van der Waals surface area contributed by atoms with Crippen LogP contribution in [0.4, 0.5) is 0 Å². The van der Waals surface area contributed by atoms with Crippen LogP contribution in [-0.2, 0) is 4.74 Å². The molecule has 3 aromatic carbocycles. The van der Waals surface area contributed by atoms with E-state index in [0.717, 1.165) is 0 Å². The molecule has 0 radical (unpaired) electrons. The third kappa shape index (κ3) is 4.39. The van der Waals surface area contributed by atoms with Crippen molar-refractivity contribution in [1.29, 1.82) is 0 Å². The largest absolute Gasteiger partial charge is 0.504 e. The third-order valence-corrected chi connectivity index (χ3v) is 5.67. The van der Waals surface area contributed by atoms with E-state index in [2.05, 4.69) is 0 Å². The van der Waals surface area contributed by atoms with Gasteiger partial charge in [0, 0.05) is 5.56 Å². The number of benzene rings is 3. The summed E-state index contributed by atoms with van der Waals surface area (Å²) in [5.41, 5.74) is 2.20. The highest BCUT2D eigenvalue weighted by Gasteiger charge is 2.45. The average Bonchev–Trinajstić information content (AvgIpc) is 2.86. The van der Waals surface area contributed by atoms with Crippen molar-refractivity contribution in [3.8, 4) is 39.5 Å². The molecule has 0 amide bonds. The molecule has 1 heterocycles. The molecular formula is C25H26O8. The van der Waals surface area contributed by atoms with E-state index in [1.807, 2.05) is 48.5 Å². The molecule has 5 atom stereocenters. The monoisotopic (exact) mass is 454 g/mol. The quantitative estimate of drug-likeness (QED) is 0.382. The minimum Gasteiger partial charge on any atom is -0.504 e. The molecule has 0 bridgehead atoms. The van der Waals surface area contributed by atoms with Gasteiger partial charge in [-0.05, 0) is 17.2 Å². The van der Waals surface area contributed by atoms with Crippen LogP contribution in [0.5, 0.6) is 17.2 Å². The van der Waals surface area contributed by atoms with Crippen molar-refractivity contribution in [2.45, 2.75) is 30.7 Å². The van der Waals surface area contributed by atoms with Crippen LogP contribution in [0.2, 0.25) is 0 Å². The first-order chi connectivity index (χ1) is 16.0. The zero-order valence-electron chi connectivity index (χ0n) is 17.9. The lowest BCUT2D eigenvalue weighted by Gasteiger charge is -2.40. The van der Waals surface area contributed by atoms with Crippen LogP contribution < -0.4 is 9.47 Å². The number of hydrogen-bond acceptors (Lipinski definition) is 8. The summed E-state index contributed by atoms with van der Waals surface area (Å²) in [6.07, 6.45) is -7.43. The van der Waals surface area contributed by atoms with Gasteiger partial charge in [0.2, 0.25) is 6.29 Å². The SMILES string of the molecule is COc1cc(-c2ccccc2)c(O)c(O[C@@H]2O[C@H](CO)[C@@H](O)[C@H](O)[C@H]2O)c1-c1ccccc1. The third-order valence-electron chi connectivity index (χ3n) is 5.67. The number of hydrogen-bond donors (Lipinski definition) is 5. The number of aliphatic hydroxyl groups excluding tert-OH is 4. The number of ether oxygens (including phenoxy) is 3. The molecule has 0 aromatic heterocycles. The molecule has 1 fully saturated rings. The highest BCUT2D eigenvalue weighted by Crippen LogP contribution is 2.50. The maximum absolute atomic E-state index is 11.3. The summed E-state index contributed by atoms with van der Waals surface area (Å²) in [5.74, 6) is 0.138. The average molecular weight is 454 g/mol. The molecule has 174 valence electrons. The van der Waals surface area contributed by atoms with Gasteiger partial charge in [0.05, 0.1) is 19.3 Å². The molecule has 1 aliphatic rings. The van der Waals surface area contributed by atoms with Gasteiger partial charge >= 0.3 is 0 Å². The van der Waals surface area contributed by atoms with Crippen LogP contribution >= 0.6 is 0 Å². The van der Waals surface area contributed by atoms with Crippen molar-refractivity contribution >= 4 is 0 Å². The summed E-state index contributed by atoms with van der Waals surface area (Å²) in [4.78, 5) is 0. The molecule has 0 unspecified atom stereocenters. The Morgan fingerprint density at radius 3 is 2.03 bits per heavy atom. The van der Waals surface area contributed by atoms with Crippen LogP contribution in [0.3, 0.4) is 0 Å². The number of methoxy groups -OCH3 is 1. The molecule has 1 aliphatic heterocycles. The second kappa shape index (κ2) is 9.78. The first kappa shape index (κ1) is 23.0. The van der Waals surface area contributed by atoms with Gasteiger partial charge in [0.15, 0.2) is 11.5 Å². The van der Waals surface area contributed by atoms with Crippen molar-refractivity contribution in [2.75, 3.05) is 13.7 Å². The second-order valence-corrected chi connectivity index (χ2v) is 7.73. The van der Waals surface area contributed by atoms with Crippen LogP contribution in [0.25, 0.3) is 22.3 Å². The Hall–Kier alpha value is -3.14. The molecule has 0 aliphatic carbocycles. The Balaban J connectivity index is 1.87. The molecule has 5 N–H and O–H groups in total. The maximum Gasteiger partial charge on any atom is 0.229 e. The molecular weight excluding hydrogens is 428 g/mol. The molecule has 33 heavy (non-hydrogen) atoms. The summed E-state index contributed by atoms with van der Waals surface area (Å²) in [7, 11) is 1.49. The van der Waals surface area contributed by atoms with Crippen LogP contribution in [0.1, 0.15) is 0 Å². The van der Waals surface area contributed by atoms with E-state index in [0.29, 0.717) is 28.0 Å². The van der Waals surface area contributed by atoms with E-state index in [4.69, 9.17) is 14.2 Å². The molecule has 1 saturated heterocycles. The lowest BCUT2D eigenvalue weighted by atomic mass is 9.96. The Kier molecular flexibility index (Phi) is 6.83. The first-order valence-electron chi connectivity index (χ1n) is 10.5. The lowest BCUT2D eigenvalue weighted by Crippen LogP contribution is -2.60. The summed E-state index contributed by atoms with van der Waals surface area (Å²) in [6.45, 7) is -0.601. The van der Waals surface area contributed by atoms with Crippen LogP contribution in [0, 0.1) is 0 Å². The lowest BCUT2D eigenvalue weighted by molar-refractivity contribution is -0.277. The van der Waals surface area contributed by atoms with E-state index >= 15 is 0 Å². The zero-order chi connectivity index (χ0) is 23.5. The van der Waals surface area contributed by atoms with Crippen LogP contribution in [-0.4, -0.2) is 70.0 Å². The highest BCUT2D eigenvalue weighted by atomic mass is 16.7. The Bertz CT molecular complexity index is 1070. The minimum absolute atomic E-state index is 0.0382. The van der Waals surface area contributed by atoms with E-state index in [9.17, 15) is 25.5 Å². The summed E-state index contributed by atoms with van der Waals surface area (Å²) in [5, 5.41) is 51.5. The Morgan fingerprint density at radius 1 is 0.848 bits per heavy atom. The molecule has 8 heteroatoms. The Morgan fingerprint density at radius 2 is 1.45 bits per heavy atom. The fourth-order valence-electron chi connectivity index (χ4n) is 3.90. The molecule has 4 rings (SSSR count). The normalized spacial score (nSPS) is 24.9. The fraction of sp³-hybridized carbons (Fsp3) is 0.280. The minimum atomic E-state index is -1.64. The van der Waals surface area contributed by atoms with Gasteiger partial charge in [0.25, 0.3) is 0 Å². The van der Waals surface area contributed by atoms with Gasteiger partial charge in [-0.25, -0.2) is 0 Å². The van der Waals surface area contributed by atoms with E-state index in [1.165, 1.54) is 7.11 Å². The van der Waals surface area contributed by atoms with E-state index in [1.54, 1.807) is 18.2 Å². The predicted molar refractivity (Wildman–Crippen MR) is 120 cm³/mol. The van der Waals surface area contributed by atoms with Gasteiger partial charge in [-0.15, -0.1) is 0 Å². The topological polar surface area (TPSA) is 129 Å². The van der Waals surface area contributed by atoms with E-state index in [-0.39, 0.29) is 11.5 Å². The standard InChI is InChI=1S/C25H26O8/c1-31-17-12-16(14-8-4-2-5-9-14)20(27)24(19(17)15-10-6-3-7-11-15)33-25-23(30)22(29)21(28)18(13-26)32-25/h2-12,18,21-23,25-30H,13H2,1H3/t18-,21-,22+,23-,25+/m1/s1. The highest BCUT2D eigenvalue weighted by molar-refractivity contribution is 5.87. The fourth-order valence-corrected chi connectivity index (χ4v) is 3.90.